The van der Waals surface area contributed by atoms with Crippen molar-refractivity contribution < 1.29 is 29.0 Å². The van der Waals surface area contributed by atoms with Crippen LogP contribution in [-0.2, 0) is 19.1 Å². The van der Waals surface area contributed by atoms with Crippen molar-refractivity contribution in [2.45, 2.75) is 44.2 Å². The molecule has 0 heterocycles. The van der Waals surface area contributed by atoms with Crippen LogP contribution in [0.2, 0.25) is 0 Å². The molecule has 33 heavy (non-hydrogen) atoms. The Labute approximate surface area is 193 Å². The number of carboxylic acid groups (broad SMARTS) is 1. The monoisotopic (exact) mass is 454 g/mol. The number of carbonyl (C=O) groups is 3. The zero-order chi connectivity index (χ0) is 24.0. The Morgan fingerprint density at radius 2 is 1.61 bits per heavy atom. The van der Waals surface area contributed by atoms with Gasteiger partial charge in [0.15, 0.2) is 0 Å². The summed E-state index contributed by atoms with van der Waals surface area (Å²) in [6.07, 6.45) is -0.375. The van der Waals surface area contributed by atoms with E-state index in [2.05, 4.69) is 10.6 Å². The minimum absolute atomic E-state index is 0.0982. The van der Waals surface area contributed by atoms with Crippen LogP contribution in [-0.4, -0.2) is 55.0 Å². The van der Waals surface area contributed by atoms with Crippen molar-refractivity contribution in [2.24, 2.45) is 0 Å². The molecule has 176 valence electrons. The highest BCUT2D eigenvalue weighted by Crippen LogP contribution is 2.44. The number of ether oxygens (including phenoxy) is 2. The fraction of sp³-hybridized carbons (Fsp3) is 0.400. The average Bonchev–Trinajstić information content (AvgIpc) is 3.14. The van der Waals surface area contributed by atoms with E-state index in [1.807, 2.05) is 48.5 Å². The van der Waals surface area contributed by atoms with Crippen LogP contribution >= 0.6 is 0 Å². The molecule has 8 nitrogen and oxygen atoms in total. The average molecular weight is 455 g/mol. The van der Waals surface area contributed by atoms with Gasteiger partial charge in [0.25, 0.3) is 0 Å². The van der Waals surface area contributed by atoms with E-state index in [0.29, 0.717) is 0 Å². The lowest BCUT2D eigenvalue weighted by Gasteiger charge is -2.32. The van der Waals surface area contributed by atoms with Crippen molar-refractivity contribution in [2.75, 3.05) is 20.3 Å². The highest BCUT2D eigenvalue weighted by Gasteiger charge is 2.41. The lowest BCUT2D eigenvalue weighted by Crippen LogP contribution is -2.63. The van der Waals surface area contributed by atoms with E-state index < -0.39 is 29.6 Å². The molecule has 1 aliphatic carbocycles. The van der Waals surface area contributed by atoms with Gasteiger partial charge in [-0.25, -0.2) is 9.59 Å². The summed E-state index contributed by atoms with van der Waals surface area (Å²) in [5.41, 5.74) is 2.93. The van der Waals surface area contributed by atoms with Gasteiger partial charge in [0.1, 0.15) is 18.2 Å². The highest BCUT2D eigenvalue weighted by molar-refractivity contribution is 5.93. The second kappa shape index (κ2) is 10.5. The maximum Gasteiger partial charge on any atom is 0.408 e. The van der Waals surface area contributed by atoms with Crippen LogP contribution in [0.15, 0.2) is 48.5 Å². The van der Waals surface area contributed by atoms with Gasteiger partial charge < -0.3 is 25.2 Å². The van der Waals surface area contributed by atoms with E-state index in [4.69, 9.17) is 9.47 Å². The molecule has 0 bridgehead atoms. The molecule has 2 unspecified atom stereocenters. The summed E-state index contributed by atoms with van der Waals surface area (Å²) in [4.78, 5) is 37.1. The van der Waals surface area contributed by atoms with Gasteiger partial charge in [0, 0.05) is 13.0 Å². The number of carboxylic acids is 1. The van der Waals surface area contributed by atoms with Gasteiger partial charge in [-0.1, -0.05) is 62.4 Å². The fourth-order valence-electron chi connectivity index (χ4n) is 4.22. The number of fused-ring (bicyclic) bond motifs is 3. The third-order valence-electron chi connectivity index (χ3n) is 6.13. The second-order valence-electron chi connectivity index (χ2n) is 8.09. The first-order valence-electron chi connectivity index (χ1n) is 11.0. The Bertz CT molecular complexity index is 978. The molecule has 3 N–H and O–H groups in total. The first-order valence-corrected chi connectivity index (χ1v) is 11.0. The quantitative estimate of drug-likeness (QED) is 0.508. The molecule has 0 saturated carbocycles. The van der Waals surface area contributed by atoms with Crippen LogP contribution in [0.25, 0.3) is 11.1 Å². The lowest BCUT2D eigenvalue weighted by atomic mass is 9.95. The zero-order valence-electron chi connectivity index (χ0n) is 19.1. The minimum Gasteiger partial charge on any atom is -0.480 e. The maximum atomic E-state index is 13.0. The van der Waals surface area contributed by atoms with E-state index in [1.54, 1.807) is 13.8 Å². The van der Waals surface area contributed by atoms with E-state index in [0.717, 1.165) is 22.3 Å². The molecule has 0 spiro atoms. The largest absolute Gasteiger partial charge is 0.480 e. The van der Waals surface area contributed by atoms with Crippen LogP contribution in [0.3, 0.4) is 0 Å². The molecule has 0 fully saturated rings. The zero-order valence-corrected chi connectivity index (χ0v) is 19.1. The minimum atomic E-state index is -1.46. The number of alkyl carbamates (subject to hydrolysis) is 1. The summed E-state index contributed by atoms with van der Waals surface area (Å²) in [7, 11) is 1.41. The maximum absolute atomic E-state index is 13.0. The van der Waals surface area contributed by atoms with Crippen molar-refractivity contribution >= 4 is 18.0 Å². The van der Waals surface area contributed by atoms with Gasteiger partial charge >= 0.3 is 12.1 Å². The van der Waals surface area contributed by atoms with Crippen molar-refractivity contribution in [3.05, 3.63) is 59.7 Å². The topological polar surface area (TPSA) is 114 Å². The van der Waals surface area contributed by atoms with Crippen LogP contribution in [0.4, 0.5) is 4.79 Å². The Morgan fingerprint density at radius 3 is 2.09 bits per heavy atom. The standard InChI is InChI=1S/C25H30N2O6/c1-4-21(22(28)29)26-23(30)25(5-2,15-32-3)27-24(31)33-14-20-18-12-8-6-10-16(18)17-11-7-9-13-19(17)20/h6-13,20-21H,4-5,14-15H2,1-3H3,(H,26,30)(H,27,31)(H,28,29). The van der Waals surface area contributed by atoms with E-state index in [1.165, 1.54) is 7.11 Å². The third-order valence-corrected chi connectivity index (χ3v) is 6.13. The second-order valence-corrected chi connectivity index (χ2v) is 8.09. The van der Waals surface area contributed by atoms with Gasteiger partial charge in [0.05, 0.1) is 6.61 Å². The molecule has 0 aliphatic heterocycles. The van der Waals surface area contributed by atoms with Crippen LogP contribution < -0.4 is 10.6 Å². The Morgan fingerprint density at radius 1 is 1.03 bits per heavy atom. The normalized spacial score (nSPS) is 15.0. The summed E-state index contributed by atoms with van der Waals surface area (Å²) in [6.45, 7) is 3.34. The van der Waals surface area contributed by atoms with Crippen molar-refractivity contribution in [3.63, 3.8) is 0 Å². The smallest absolute Gasteiger partial charge is 0.408 e. The summed E-state index contributed by atoms with van der Waals surface area (Å²) in [5, 5.41) is 14.4. The fourth-order valence-corrected chi connectivity index (χ4v) is 4.22. The van der Waals surface area contributed by atoms with E-state index >= 15 is 0 Å². The Balaban J connectivity index is 1.74. The van der Waals surface area contributed by atoms with Gasteiger partial charge in [-0.2, -0.15) is 0 Å². The van der Waals surface area contributed by atoms with Crippen LogP contribution in [0.1, 0.15) is 43.7 Å². The van der Waals surface area contributed by atoms with Crippen LogP contribution in [0, 0.1) is 0 Å². The molecule has 1 aliphatic rings. The molecule has 8 heteroatoms. The van der Waals surface area contributed by atoms with Gasteiger partial charge in [-0.15, -0.1) is 0 Å². The Hall–Kier alpha value is -3.39. The molecule has 2 atom stereocenters. The van der Waals surface area contributed by atoms with Crippen molar-refractivity contribution in [1.82, 2.24) is 10.6 Å². The lowest BCUT2D eigenvalue weighted by molar-refractivity contribution is -0.143. The number of rotatable bonds is 10. The molecular weight excluding hydrogens is 424 g/mol. The third kappa shape index (κ3) is 5.01. The number of carbonyl (C=O) groups excluding carboxylic acids is 2. The summed E-state index contributed by atoms with van der Waals surface area (Å²) in [6, 6.07) is 14.9. The first-order chi connectivity index (χ1) is 15.9. The number of benzene rings is 2. The predicted molar refractivity (Wildman–Crippen MR) is 123 cm³/mol. The molecule has 2 aromatic rings. The molecule has 2 aromatic carbocycles. The number of hydrogen-bond acceptors (Lipinski definition) is 5. The summed E-state index contributed by atoms with van der Waals surface area (Å²) >= 11 is 0. The predicted octanol–water partition coefficient (Wildman–Crippen LogP) is 3.30. The number of aliphatic carboxylic acids is 1. The number of nitrogens with one attached hydrogen (secondary N) is 2. The Kier molecular flexibility index (Phi) is 7.71. The number of hydrogen-bond donors (Lipinski definition) is 3. The molecule has 0 radical (unpaired) electrons. The molecule has 3 rings (SSSR count). The van der Waals surface area contributed by atoms with Gasteiger partial charge in [-0.05, 0) is 35.1 Å². The molecular formula is C25H30N2O6. The summed E-state index contributed by atoms with van der Waals surface area (Å²) < 4.78 is 10.8. The molecule has 0 aromatic heterocycles. The number of amides is 2. The van der Waals surface area contributed by atoms with E-state index in [9.17, 15) is 19.5 Å². The van der Waals surface area contributed by atoms with Crippen LogP contribution in [0.5, 0.6) is 0 Å². The molecule has 0 saturated heterocycles. The van der Waals surface area contributed by atoms with Gasteiger partial charge in [-0.3, -0.25) is 4.79 Å². The SMILES string of the molecule is CCC(NC(=O)C(CC)(COC)NC(=O)OCC1c2ccccc2-c2ccccc21)C(=O)O. The summed E-state index contributed by atoms with van der Waals surface area (Å²) in [5.74, 6) is -1.89. The van der Waals surface area contributed by atoms with E-state index in [-0.39, 0.29) is 32.0 Å². The van der Waals surface area contributed by atoms with Crippen molar-refractivity contribution in [3.8, 4) is 11.1 Å². The number of methoxy groups -OCH3 is 1. The van der Waals surface area contributed by atoms with Crippen molar-refractivity contribution in [1.29, 1.82) is 0 Å². The van der Waals surface area contributed by atoms with Gasteiger partial charge in [0.2, 0.25) is 5.91 Å². The highest BCUT2D eigenvalue weighted by atomic mass is 16.5. The first kappa shape index (κ1) is 24.3. The molecule has 2 amide bonds.